The van der Waals surface area contributed by atoms with E-state index in [4.69, 9.17) is 16.3 Å². The highest BCUT2D eigenvalue weighted by atomic mass is 16.5. The smallest absolute Gasteiger partial charge is 0.135 e. The van der Waals surface area contributed by atoms with Gasteiger partial charge in [0, 0.05) is 25.1 Å². The molecule has 0 saturated carbocycles. The molecule has 4 rings (SSSR count). The molecule has 0 aliphatic carbocycles. The minimum Gasteiger partial charge on any atom is -0.497 e. The molecule has 0 amide bonds. The van der Waals surface area contributed by atoms with Crippen LogP contribution in [-0.4, -0.2) is 16.7 Å². The molecular formula is C22H21N5O. The molecule has 4 N–H and O–H groups in total. The van der Waals surface area contributed by atoms with Crippen molar-refractivity contribution in [1.29, 1.82) is 0 Å². The summed E-state index contributed by atoms with van der Waals surface area (Å²) in [6.07, 6.45) is 4.50. The van der Waals surface area contributed by atoms with Gasteiger partial charge in [0.15, 0.2) is 0 Å². The van der Waals surface area contributed by atoms with E-state index in [0.29, 0.717) is 12.8 Å². The van der Waals surface area contributed by atoms with Gasteiger partial charge in [-0.05, 0) is 23.6 Å². The molecule has 0 unspecified atom stereocenters. The van der Waals surface area contributed by atoms with Crippen molar-refractivity contribution in [1.82, 2.24) is 9.55 Å². The number of benzene rings is 2. The predicted octanol–water partition coefficient (Wildman–Crippen LogP) is 2.51. The maximum absolute atomic E-state index is 6.35. The Morgan fingerprint density at radius 1 is 1.18 bits per heavy atom. The fourth-order valence-corrected chi connectivity index (χ4v) is 3.26. The van der Waals surface area contributed by atoms with Gasteiger partial charge < -0.3 is 10.5 Å². The largest absolute Gasteiger partial charge is 0.497 e. The molecule has 2 heterocycles. The standard InChI is InChI=1S/C22H21N5O/c1-28-18-10-11-20-22(13-18)27(24)17(14-23)12-21-19(25-15-26(20)21)9-5-8-16-6-3-2-4-7-16/h2-4,6-7,10-11,13-15H,8,12,23-24H2,1H3/b17-14-. The minimum absolute atomic E-state index is 0.527. The van der Waals surface area contributed by atoms with E-state index in [2.05, 4.69) is 29.0 Å². The Balaban J connectivity index is 1.76. The van der Waals surface area contributed by atoms with Crippen LogP contribution < -0.4 is 21.3 Å². The zero-order valence-electron chi connectivity index (χ0n) is 15.6. The van der Waals surface area contributed by atoms with Gasteiger partial charge in [-0.2, -0.15) is 0 Å². The average molecular weight is 371 g/mol. The monoisotopic (exact) mass is 371 g/mol. The lowest BCUT2D eigenvalue weighted by Crippen LogP contribution is -2.31. The summed E-state index contributed by atoms with van der Waals surface area (Å²) in [4.78, 5) is 4.54. The molecule has 0 bridgehead atoms. The van der Waals surface area contributed by atoms with Gasteiger partial charge >= 0.3 is 0 Å². The van der Waals surface area contributed by atoms with E-state index in [1.165, 1.54) is 11.8 Å². The molecule has 0 saturated heterocycles. The molecule has 0 atom stereocenters. The van der Waals surface area contributed by atoms with E-state index >= 15 is 0 Å². The van der Waals surface area contributed by atoms with Crippen LogP contribution in [0.1, 0.15) is 17.0 Å². The summed E-state index contributed by atoms with van der Waals surface area (Å²) in [7, 11) is 1.63. The molecule has 2 aromatic carbocycles. The van der Waals surface area contributed by atoms with Crippen molar-refractivity contribution in [2.24, 2.45) is 11.6 Å². The van der Waals surface area contributed by atoms with Crippen molar-refractivity contribution in [2.45, 2.75) is 12.8 Å². The topological polar surface area (TPSA) is 82.3 Å². The first-order valence-corrected chi connectivity index (χ1v) is 8.94. The molecule has 28 heavy (non-hydrogen) atoms. The van der Waals surface area contributed by atoms with E-state index in [9.17, 15) is 0 Å². The summed E-state index contributed by atoms with van der Waals surface area (Å²) < 4.78 is 7.36. The lowest BCUT2D eigenvalue weighted by atomic mass is 10.1. The third kappa shape index (κ3) is 3.20. The summed E-state index contributed by atoms with van der Waals surface area (Å²) in [5.74, 6) is 13.5. The van der Waals surface area contributed by atoms with Crippen molar-refractivity contribution in [2.75, 3.05) is 12.1 Å². The summed E-state index contributed by atoms with van der Waals surface area (Å²) in [5.41, 5.74) is 11.2. The number of hydrazine groups is 1. The third-order valence-electron chi connectivity index (χ3n) is 4.76. The maximum atomic E-state index is 6.35. The van der Waals surface area contributed by atoms with Crippen molar-refractivity contribution < 1.29 is 4.74 Å². The van der Waals surface area contributed by atoms with Gasteiger partial charge in [-0.3, -0.25) is 9.58 Å². The third-order valence-corrected chi connectivity index (χ3v) is 4.76. The Hall–Kier alpha value is -3.69. The SMILES string of the molecule is COc1ccc2c(c1)N(N)/C(=C\N)Cc1c(C#CCc3ccccc3)ncn1-2. The summed E-state index contributed by atoms with van der Waals surface area (Å²) in [6, 6.07) is 15.9. The van der Waals surface area contributed by atoms with Crippen LogP contribution in [0.15, 0.2) is 66.8 Å². The van der Waals surface area contributed by atoms with Gasteiger partial charge in [0.05, 0.1) is 29.9 Å². The Kier molecular flexibility index (Phi) is 4.75. The number of nitrogens with two attached hydrogens (primary N) is 2. The van der Waals surface area contributed by atoms with E-state index in [0.717, 1.165) is 34.2 Å². The molecular weight excluding hydrogens is 350 g/mol. The van der Waals surface area contributed by atoms with Crippen LogP contribution in [0, 0.1) is 11.8 Å². The molecule has 6 heteroatoms. The van der Waals surface area contributed by atoms with Crippen molar-refractivity contribution in [3.63, 3.8) is 0 Å². The first kappa shape index (κ1) is 17.7. The van der Waals surface area contributed by atoms with Gasteiger partial charge in [-0.1, -0.05) is 36.3 Å². The number of ether oxygens (including phenoxy) is 1. The van der Waals surface area contributed by atoms with Gasteiger partial charge in [-0.25, -0.2) is 10.8 Å². The van der Waals surface area contributed by atoms with E-state index in [1.54, 1.807) is 18.4 Å². The van der Waals surface area contributed by atoms with Crippen molar-refractivity contribution >= 4 is 5.69 Å². The quantitative estimate of drug-likeness (QED) is 0.534. The zero-order chi connectivity index (χ0) is 19.5. The lowest BCUT2D eigenvalue weighted by molar-refractivity contribution is 0.415. The summed E-state index contributed by atoms with van der Waals surface area (Å²) in [5, 5.41) is 1.59. The number of fused-ring (bicyclic) bond motifs is 3. The Morgan fingerprint density at radius 2 is 2.00 bits per heavy atom. The normalized spacial score (nSPS) is 13.9. The number of imidazole rings is 1. The van der Waals surface area contributed by atoms with Crippen LogP contribution in [-0.2, 0) is 12.8 Å². The van der Waals surface area contributed by atoms with Crippen LogP contribution in [0.4, 0.5) is 5.69 Å². The van der Waals surface area contributed by atoms with E-state index in [-0.39, 0.29) is 0 Å². The van der Waals surface area contributed by atoms with E-state index < -0.39 is 0 Å². The molecule has 0 spiro atoms. The molecule has 3 aromatic rings. The number of hydrogen-bond donors (Lipinski definition) is 2. The van der Waals surface area contributed by atoms with Crippen LogP contribution in [0.2, 0.25) is 0 Å². The molecule has 1 aliphatic heterocycles. The number of rotatable bonds is 2. The summed E-state index contributed by atoms with van der Waals surface area (Å²) >= 11 is 0. The molecule has 6 nitrogen and oxygen atoms in total. The number of anilines is 1. The first-order chi connectivity index (χ1) is 13.7. The van der Waals surface area contributed by atoms with Crippen molar-refractivity contribution in [3.05, 3.63) is 83.7 Å². The average Bonchev–Trinajstić information content (AvgIpc) is 3.08. The highest BCUT2D eigenvalue weighted by molar-refractivity contribution is 5.69. The Bertz CT molecular complexity index is 1090. The predicted molar refractivity (Wildman–Crippen MR) is 110 cm³/mol. The minimum atomic E-state index is 0.527. The highest BCUT2D eigenvalue weighted by Crippen LogP contribution is 2.34. The number of hydrogen-bond acceptors (Lipinski definition) is 5. The summed E-state index contributed by atoms with van der Waals surface area (Å²) in [6.45, 7) is 0. The Labute approximate surface area is 164 Å². The van der Waals surface area contributed by atoms with Crippen LogP contribution in [0.5, 0.6) is 5.75 Å². The van der Waals surface area contributed by atoms with Gasteiger partial charge in [-0.15, -0.1) is 0 Å². The fourth-order valence-electron chi connectivity index (χ4n) is 3.26. The van der Waals surface area contributed by atoms with Gasteiger partial charge in [0.1, 0.15) is 17.8 Å². The van der Waals surface area contributed by atoms with Gasteiger partial charge in [0.25, 0.3) is 0 Å². The second-order valence-corrected chi connectivity index (χ2v) is 6.43. The number of allylic oxidation sites excluding steroid dienone is 1. The molecule has 0 radical (unpaired) electrons. The first-order valence-electron chi connectivity index (χ1n) is 8.94. The van der Waals surface area contributed by atoms with Crippen LogP contribution in [0.3, 0.4) is 0 Å². The number of methoxy groups -OCH3 is 1. The molecule has 1 aliphatic rings. The van der Waals surface area contributed by atoms with Crippen LogP contribution in [0.25, 0.3) is 5.69 Å². The highest BCUT2D eigenvalue weighted by Gasteiger charge is 2.24. The second kappa shape index (κ2) is 7.51. The number of aromatic nitrogens is 2. The van der Waals surface area contributed by atoms with Crippen molar-refractivity contribution in [3.8, 4) is 23.3 Å². The zero-order valence-corrected chi connectivity index (χ0v) is 15.6. The van der Waals surface area contributed by atoms with Crippen LogP contribution >= 0.6 is 0 Å². The lowest BCUT2D eigenvalue weighted by Gasteiger charge is -2.21. The van der Waals surface area contributed by atoms with Gasteiger partial charge in [0.2, 0.25) is 0 Å². The Morgan fingerprint density at radius 3 is 2.75 bits per heavy atom. The molecule has 1 aromatic heterocycles. The second-order valence-electron chi connectivity index (χ2n) is 6.43. The molecule has 0 fully saturated rings. The maximum Gasteiger partial charge on any atom is 0.135 e. The van der Waals surface area contributed by atoms with E-state index in [1.807, 2.05) is 41.0 Å². The number of nitrogens with zero attached hydrogens (tertiary/aromatic N) is 3. The molecule has 140 valence electrons. The fraction of sp³-hybridized carbons (Fsp3) is 0.136.